The number of aromatic nitrogens is 2. The van der Waals surface area contributed by atoms with Gasteiger partial charge in [0.2, 0.25) is 0 Å². The van der Waals surface area contributed by atoms with Crippen molar-refractivity contribution in [2.45, 2.75) is 33.6 Å². The van der Waals surface area contributed by atoms with Crippen molar-refractivity contribution in [1.29, 1.82) is 0 Å². The molecule has 1 heterocycles. The number of ether oxygens (including phenoxy) is 1. The van der Waals surface area contributed by atoms with Crippen molar-refractivity contribution < 1.29 is 14.5 Å². The number of carbonyl (C=O) groups excluding carboxylic acids is 1. The summed E-state index contributed by atoms with van der Waals surface area (Å²) in [5.74, 6) is 0.663. The summed E-state index contributed by atoms with van der Waals surface area (Å²) in [6.07, 6.45) is 0. The molecule has 0 aliphatic rings. The molecule has 1 amide bonds. The number of hydrogen-bond acceptors (Lipinski definition) is 5. The van der Waals surface area contributed by atoms with Crippen molar-refractivity contribution in [2.75, 3.05) is 5.32 Å². The highest BCUT2D eigenvalue weighted by Gasteiger charge is 2.24. The number of hydrogen-bond donors (Lipinski definition) is 1. The number of carbonyl (C=O) groups is 1. The fourth-order valence-corrected chi connectivity index (χ4v) is 4.71. The number of nitrogens with zero attached hydrogens (tertiary/aromatic N) is 3. The second-order valence-electron chi connectivity index (χ2n) is 10.2. The highest BCUT2D eigenvalue weighted by molar-refractivity contribution is 6.09. The largest absolute Gasteiger partial charge is 0.457 e. The Morgan fingerprint density at radius 3 is 2.22 bits per heavy atom. The van der Waals surface area contributed by atoms with Gasteiger partial charge in [-0.25, -0.2) is 4.68 Å². The Labute approximate surface area is 238 Å². The molecule has 4 aromatic carbocycles. The number of nitro groups is 1. The molecule has 0 saturated heterocycles. The van der Waals surface area contributed by atoms with E-state index in [0.29, 0.717) is 22.7 Å². The van der Waals surface area contributed by atoms with Crippen LogP contribution in [0.4, 0.5) is 11.4 Å². The van der Waals surface area contributed by atoms with E-state index in [1.807, 2.05) is 86.6 Å². The number of para-hydroxylation sites is 1. The summed E-state index contributed by atoms with van der Waals surface area (Å²) in [6.45, 7) is 7.98. The molecule has 8 nitrogen and oxygen atoms in total. The van der Waals surface area contributed by atoms with Crippen molar-refractivity contribution in [3.63, 3.8) is 0 Å². The van der Waals surface area contributed by atoms with Crippen molar-refractivity contribution in [3.8, 4) is 28.4 Å². The van der Waals surface area contributed by atoms with Crippen molar-refractivity contribution in [2.24, 2.45) is 0 Å². The lowest BCUT2D eigenvalue weighted by atomic mass is 10.0. The second kappa shape index (κ2) is 11.5. The van der Waals surface area contributed by atoms with Gasteiger partial charge in [0, 0.05) is 17.7 Å². The smallest absolute Gasteiger partial charge is 0.275 e. The van der Waals surface area contributed by atoms with Crippen LogP contribution in [0.25, 0.3) is 16.9 Å². The minimum atomic E-state index is -0.508. The van der Waals surface area contributed by atoms with Crippen LogP contribution in [-0.4, -0.2) is 20.6 Å². The van der Waals surface area contributed by atoms with Crippen LogP contribution in [0.1, 0.15) is 46.9 Å². The van der Waals surface area contributed by atoms with Crippen LogP contribution in [-0.2, 0) is 0 Å². The zero-order chi connectivity index (χ0) is 29.1. The van der Waals surface area contributed by atoms with Crippen LogP contribution >= 0.6 is 0 Å². The highest BCUT2D eigenvalue weighted by atomic mass is 16.6. The van der Waals surface area contributed by atoms with E-state index in [0.717, 1.165) is 22.4 Å². The normalized spacial score (nSPS) is 11.0. The molecule has 0 spiro atoms. The topological polar surface area (TPSA) is 99.3 Å². The average Bonchev–Trinajstić information content (AvgIpc) is 3.30. The van der Waals surface area contributed by atoms with E-state index < -0.39 is 10.8 Å². The predicted octanol–water partition coefficient (Wildman–Crippen LogP) is 8.23. The number of non-ortho nitro benzene ring substituents is 1. The molecule has 5 aromatic rings. The Bertz CT molecular complexity index is 1730. The van der Waals surface area contributed by atoms with E-state index in [9.17, 15) is 14.9 Å². The zero-order valence-electron chi connectivity index (χ0n) is 23.3. The molecule has 0 saturated carbocycles. The molecular weight excluding hydrogens is 516 g/mol. The molecule has 1 N–H and O–H groups in total. The van der Waals surface area contributed by atoms with Gasteiger partial charge in [-0.3, -0.25) is 14.9 Å². The first kappa shape index (κ1) is 27.3. The van der Waals surface area contributed by atoms with E-state index in [1.165, 1.54) is 12.1 Å². The molecule has 5 rings (SSSR count). The Hall–Kier alpha value is -5.24. The van der Waals surface area contributed by atoms with Gasteiger partial charge in [-0.1, -0.05) is 68.4 Å². The Kier molecular flexibility index (Phi) is 7.65. The average molecular weight is 547 g/mol. The minimum absolute atomic E-state index is 0.200. The van der Waals surface area contributed by atoms with Crippen molar-refractivity contribution >= 4 is 17.3 Å². The molecule has 0 aliphatic carbocycles. The van der Waals surface area contributed by atoms with Crippen LogP contribution in [0.5, 0.6) is 11.5 Å². The van der Waals surface area contributed by atoms with Crippen molar-refractivity contribution in [3.05, 3.63) is 130 Å². The number of benzene rings is 4. The van der Waals surface area contributed by atoms with Gasteiger partial charge in [-0.2, -0.15) is 5.10 Å². The monoisotopic (exact) mass is 546 g/mol. The van der Waals surface area contributed by atoms with Crippen LogP contribution in [0.2, 0.25) is 0 Å². The fraction of sp³-hybridized carbons (Fsp3) is 0.152. The molecule has 0 fully saturated rings. The predicted molar refractivity (Wildman–Crippen MR) is 160 cm³/mol. The number of nitro benzene ring substituents is 1. The van der Waals surface area contributed by atoms with Crippen LogP contribution in [0, 0.1) is 24.0 Å². The standard InChI is InChI=1S/C33H30N4O4/c1-21(2)25-15-22(3)16-29(17-25)41-30-19-26(18-28(20-30)37(39)40)34-33(38)31-23(4)36(27-13-9-6-10-14-27)35-32(31)24-11-7-5-8-12-24/h5-21H,1-4H3,(H,34,38). The third-order valence-corrected chi connectivity index (χ3v) is 6.73. The molecule has 41 heavy (non-hydrogen) atoms. The summed E-state index contributed by atoms with van der Waals surface area (Å²) < 4.78 is 7.80. The van der Waals surface area contributed by atoms with Gasteiger partial charge in [-0.15, -0.1) is 0 Å². The number of anilines is 1. The fourth-order valence-electron chi connectivity index (χ4n) is 4.71. The van der Waals surface area contributed by atoms with E-state index in [4.69, 9.17) is 9.84 Å². The van der Waals surface area contributed by atoms with Crippen LogP contribution < -0.4 is 10.1 Å². The third kappa shape index (κ3) is 6.01. The quantitative estimate of drug-likeness (QED) is 0.156. The van der Waals surface area contributed by atoms with Gasteiger partial charge in [0.05, 0.1) is 33.6 Å². The van der Waals surface area contributed by atoms with Gasteiger partial charge in [0.15, 0.2) is 0 Å². The molecule has 1 aromatic heterocycles. The molecule has 0 radical (unpaired) electrons. The third-order valence-electron chi connectivity index (χ3n) is 6.73. The van der Waals surface area contributed by atoms with E-state index in [1.54, 1.807) is 10.7 Å². The summed E-state index contributed by atoms with van der Waals surface area (Å²) in [7, 11) is 0. The van der Waals surface area contributed by atoms with Crippen LogP contribution in [0.3, 0.4) is 0 Å². The number of rotatable bonds is 8. The minimum Gasteiger partial charge on any atom is -0.457 e. The highest BCUT2D eigenvalue weighted by Crippen LogP contribution is 2.33. The lowest BCUT2D eigenvalue weighted by Gasteiger charge is -2.13. The molecule has 8 heteroatoms. The number of amides is 1. The molecule has 0 aliphatic heterocycles. The van der Waals surface area contributed by atoms with Gasteiger partial charge >= 0.3 is 0 Å². The first-order valence-corrected chi connectivity index (χ1v) is 13.3. The summed E-state index contributed by atoms with van der Waals surface area (Å²) in [5.41, 5.74) is 5.25. The Morgan fingerprint density at radius 2 is 1.56 bits per heavy atom. The molecule has 0 atom stereocenters. The molecule has 0 bridgehead atoms. The van der Waals surface area contributed by atoms with Gasteiger partial charge < -0.3 is 10.1 Å². The number of aryl methyl sites for hydroxylation is 1. The van der Waals surface area contributed by atoms with Gasteiger partial charge in [-0.05, 0) is 55.2 Å². The zero-order valence-corrected chi connectivity index (χ0v) is 23.3. The Morgan fingerprint density at radius 1 is 0.902 bits per heavy atom. The summed E-state index contributed by atoms with van der Waals surface area (Å²) in [4.78, 5) is 25.1. The lowest BCUT2D eigenvalue weighted by molar-refractivity contribution is -0.384. The Balaban J connectivity index is 1.53. The van der Waals surface area contributed by atoms with E-state index in [2.05, 4.69) is 25.2 Å². The van der Waals surface area contributed by atoms with E-state index >= 15 is 0 Å². The lowest BCUT2D eigenvalue weighted by Crippen LogP contribution is -2.14. The summed E-state index contributed by atoms with van der Waals surface area (Å²) >= 11 is 0. The molecule has 206 valence electrons. The SMILES string of the molecule is Cc1cc(Oc2cc(NC(=O)c3c(-c4ccccc4)nn(-c4ccccc4)c3C)cc([N+](=O)[O-])c2)cc(C(C)C)c1. The van der Waals surface area contributed by atoms with Crippen molar-refractivity contribution in [1.82, 2.24) is 9.78 Å². The first-order valence-electron chi connectivity index (χ1n) is 13.3. The van der Waals surface area contributed by atoms with Crippen LogP contribution in [0.15, 0.2) is 97.1 Å². The van der Waals surface area contributed by atoms with Gasteiger partial charge in [0.1, 0.15) is 17.2 Å². The molecule has 0 unspecified atom stereocenters. The maximum absolute atomic E-state index is 13.8. The maximum atomic E-state index is 13.8. The number of nitrogens with one attached hydrogen (secondary N) is 1. The molecular formula is C33H30N4O4. The first-order chi connectivity index (χ1) is 19.7. The van der Waals surface area contributed by atoms with E-state index in [-0.39, 0.29) is 23.0 Å². The summed E-state index contributed by atoms with van der Waals surface area (Å²) in [6, 6.07) is 29.1. The summed E-state index contributed by atoms with van der Waals surface area (Å²) in [5, 5.41) is 19.4. The maximum Gasteiger partial charge on any atom is 0.275 e. The second-order valence-corrected chi connectivity index (χ2v) is 10.2. The van der Waals surface area contributed by atoms with Gasteiger partial charge in [0.25, 0.3) is 11.6 Å².